The molecule has 1 heterocycles. The highest BCUT2D eigenvalue weighted by molar-refractivity contribution is 7.14. The second-order valence-electron chi connectivity index (χ2n) is 4.15. The highest BCUT2D eigenvalue weighted by atomic mass is 35.5. The van der Waals surface area contributed by atoms with E-state index in [0.29, 0.717) is 21.3 Å². The standard InChI is InChI=1S/C14H14ClNO2S/c1-8-6-13(19-9(8)2)14(17)16-12-5-4-10(18-3)7-11(12)15/h4-7H,1-3H3,(H,16,17). The number of benzene rings is 1. The average Bonchev–Trinajstić information content (AvgIpc) is 2.72. The minimum atomic E-state index is -0.145. The van der Waals surface area contributed by atoms with Crippen LogP contribution in [0.4, 0.5) is 5.69 Å². The third kappa shape index (κ3) is 3.08. The maximum atomic E-state index is 12.1. The van der Waals surface area contributed by atoms with Crippen molar-refractivity contribution in [3.63, 3.8) is 0 Å². The lowest BCUT2D eigenvalue weighted by Gasteiger charge is -2.07. The third-order valence-corrected chi connectivity index (χ3v) is 4.28. The summed E-state index contributed by atoms with van der Waals surface area (Å²) >= 11 is 7.56. The molecule has 0 radical (unpaired) electrons. The summed E-state index contributed by atoms with van der Waals surface area (Å²) in [5.41, 5.74) is 1.70. The van der Waals surface area contributed by atoms with Crippen molar-refractivity contribution in [3.05, 3.63) is 44.6 Å². The first-order valence-electron chi connectivity index (χ1n) is 5.73. The molecule has 0 bridgehead atoms. The molecule has 0 aliphatic heterocycles. The molecule has 1 aromatic carbocycles. The Morgan fingerprint density at radius 3 is 2.58 bits per heavy atom. The number of halogens is 1. The molecule has 1 aromatic heterocycles. The Morgan fingerprint density at radius 2 is 2.05 bits per heavy atom. The number of methoxy groups -OCH3 is 1. The Morgan fingerprint density at radius 1 is 1.32 bits per heavy atom. The Balaban J connectivity index is 2.19. The van der Waals surface area contributed by atoms with Gasteiger partial charge in [-0.15, -0.1) is 11.3 Å². The summed E-state index contributed by atoms with van der Waals surface area (Å²) in [5.74, 6) is 0.513. The van der Waals surface area contributed by atoms with Crippen LogP contribution in [0.5, 0.6) is 5.75 Å². The third-order valence-electron chi connectivity index (χ3n) is 2.81. The number of amides is 1. The smallest absolute Gasteiger partial charge is 0.265 e. The molecule has 0 unspecified atom stereocenters. The number of thiophene rings is 1. The van der Waals surface area contributed by atoms with Crippen LogP contribution < -0.4 is 10.1 Å². The van der Waals surface area contributed by atoms with Crippen molar-refractivity contribution in [1.29, 1.82) is 0 Å². The van der Waals surface area contributed by atoms with E-state index >= 15 is 0 Å². The van der Waals surface area contributed by atoms with Gasteiger partial charge in [0, 0.05) is 10.9 Å². The molecular weight excluding hydrogens is 282 g/mol. The molecular formula is C14H14ClNO2S. The SMILES string of the molecule is COc1ccc(NC(=O)c2cc(C)c(C)s2)c(Cl)c1. The second-order valence-corrected chi connectivity index (χ2v) is 5.81. The van der Waals surface area contributed by atoms with Gasteiger partial charge in [0.05, 0.1) is 22.7 Å². The van der Waals surface area contributed by atoms with E-state index in [-0.39, 0.29) is 5.91 Å². The predicted molar refractivity (Wildman–Crippen MR) is 79.8 cm³/mol. The lowest BCUT2D eigenvalue weighted by atomic mass is 10.2. The van der Waals surface area contributed by atoms with Crippen molar-refractivity contribution < 1.29 is 9.53 Å². The summed E-state index contributed by atoms with van der Waals surface area (Å²) in [7, 11) is 1.57. The Hall–Kier alpha value is -1.52. The number of anilines is 1. The number of aryl methyl sites for hydroxylation is 2. The molecule has 1 N–H and O–H groups in total. The fourth-order valence-electron chi connectivity index (χ4n) is 1.59. The zero-order valence-electron chi connectivity index (χ0n) is 10.9. The number of hydrogen-bond donors (Lipinski definition) is 1. The van der Waals surface area contributed by atoms with Crippen molar-refractivity contribution in [2.24, 2.45) is 0 Å². The quantitative estimate of drug-likeness (QED) is 0.918. The molecule has 0 aliphatic carbocycles. The highest BCUT2D eigenvalue weighted by Crippen LogP contribution is 2.28. The van der Waals surface area contributed by atoms with E-state index < -0.39 is 0 Å². The van der Waals surface area contributed by atoms with Gasteiger partial charge in [-0.3, -0.25) is 4.79 Å². The van der Waals surface area contributed by atoms with E-state index in [2.05, 4.69) is 5.32 Å². The van der Waals surface area contributed by atoms with Gasteiger partial charge in [-0.25, -0.2) is 0 Å². The van der Waals surface area contributed by atoms with Crippen LogP contribution in [0.3, 0.4) is 0 Å². The lowest BCUT2D eigenvalue weighted by Crippen LogP contribution is -2.10. The van der Waals surface area contributed by atoms with Crippen molar-refractivity contribution in [3.8, 4) is 5.75 Å². The molecule has 0 fully saturated rings. The van der Waals surface area contributed by atoms with Crippen molar-refractivity contribution in [1.82, 2.24) is 0 Å². The summed E-state index contributed by atoms with van der Waals surface area (Å²) < 4.78 is 5.06. The Bertz CT molecular complexity index is 602. The van der Waals surface area contributed by atoms with Crippen molar-refractivity contribution >= 4 is 34.5 Å². The first-order valence-corrected chi connectivity index (χ1v) is 6.92. The van der Waals surface area contributed by atoms with Crippen LogP contribution in [0.2, 0.25) is 5.02 Å². The summed E-state index contributed by atoms with van der Waals surface area (Å²) in [5, 5.41) is 3.26. The highest BCUT2D eigenvalue weighted by Gasteiger charge is 2.12. The molecule has 0 saturated carbocycles. The second kappa shape index (κ2) is 5.63. The summed E-state index contributed by atoms with van der Waals surface area (Å²) in [6, 6.07) is 7.04. The molecule has 0 aliphatic rings. The van der Waals surface area contributed by atoms with Crippen LogP contribution in [0.25, 0.3) is 0 Å². The molecule has 19 heavy (non-hydrogen) atoms. The fraction of sp³-hybridized carbons (Fsp3) is 0.214. The average molecular weight is 296 g/mol. The van der Waals surface area contributed by atoms with Crippen molar-refractivity contribution in [2.45, 2.75) is 13.8 Å². The topological polar surface area (TPSA) is 38.3 Å². The lowest BCUT2D eigenvalue weighted by molar-refractivity contribution is 0.103. The first kappa shape index (κ1) is 13.9. The zero-order chi connectivity index (χ0) is 14.0. The number of hydrogen-bond acceptors (Lipinski definition) is 3. The monoisotopic (exact) mass is 295 g/mol. The maximum Gasteiger partial charge on any atom is 0.265 e. The molecule has 5 heteroatoms. The largest absolute Gasteiger partial charge is 0.497 e. The minimum absolute atomic E-state index is 0.145. The number of rotatable bonds is 3. The Kier molecular flexibility index (Phi) is 4.12. The van der Waals surface area contributed by atoms with Crippen LogP contribution in [0.15, 0.2) is 24.3 Å². The van der Waals surface area contributed by atoms with Crippen LogP contribution in [0, 0.1) is 13.8 Å². The molecule has 2 rings (SSSR count). The van der Waals surface area contributed by atoms with Gasteiger partial charge in [-0.1, -0.05) is 11.6 Å². The normalized spacial score (nSPS) is 10.3. The summed E-state index contributed by atoms with van der Waals surface area (Å²) in [6.45, 7) is 3.99. The van der Waals surface area contributed by atoms with E-state index in [9.17, 15) is 4.79 Å². The number of carbonyl (C=O) groups excluding carboxylic acids is 1. The van der Waals surface area contributed by atoms with E-state index in [0.717, 1.165) is 10.4 Å². The Labute approximate surface area is 121 Å². The molecule has 2 aromatic rings. The minimum Gasteiger partial charge on any atom is -0.497 e. The van der Waals surface area contributed by atoms with E-state index in [4.69, 9.17) is 16.3 Å². The molecule has 0 spiro atoms. The van der Waals surface area contributed by atoms with Gasteiger partial charge in [0.2, 0.25) is 0 Å². The van der Waals surface area contributed by atoms with Gasteiger partial charge in [-0.05, 0) is 37.6 Å². The van der Waals surface area contributed by atoms with Crippen LogP contribution in [0.1, 0.15) is 20.1 Å². The van der Waals surface area contributed by atoms with Gasteiger partial charge in [0.15, 0.2) is 0 Å². The van der Waals surface area contributed by atoms with E-state index in [1.807, 2.05) is 19.9 Å². The molecule has 100 valence electrons. The van der Waals surface area contributed by atoms with E-state index in [1.165, 1.54) is 11.3 Å². The maximum absolute atomic E-state index is 12.1. The zero-order valence-corrected chi connectivity index (χ0v) is 12.5. The van der Waals surface area contributed by atoms with Crippen LogP contribution in [-0.2, 0) is 0 Å². The van der Waals surface area contributed by atoms with Crippen LogP contribution in [-0.4, -0.2) is 13.0 Å². The predicted octanol–water partition coefficient (Wildman–Crippen LogP) is 4.28. The fourth-order valence-corrected chi connectivity index (χ4v) is 2.74. The molecule has 0 atom stereocenters. The van der Waals surface area contributed by atoms with Crippen LogP contribution >= 0.6 is 22.9 Å². The molecule has 0 saturated heterocycles. The van der Waals surface area contributed by atoms with Gasteiger partial charge in [-0.2, -0.15) is 0 Å². The summed E-state index contributed by atoms with van der Waals surface area (Å²) in [6.07, 6.45) is 0. The first-order chi connectivity index (χ1) is 9.01. The molecule has 1 amide bonds. The molecule has 3 nitrogen and oxygen atoms in total. The van der Waals surface area contributed by atoms with Gasteiger partial charge >= 0.3 is 0 Å². The van der Waals surface area contributed by atoms with Gasteiger partial charge in [0.25, 0.3) is 5.91 Å². The van der Waals surface area contributed by atoms with Gasteiger partial charge in [0.1, 0.15) is 5.75 Å². The number of ether oxygens (including phenoxy) is 1. The van der Waals surface area contributed by atoms with Crippen molar-refractivity contribution in [2.75, 3.05) is 12.4 Å². The number of carbonyl (C=O) groups is 1. The van der Waals surface area contributed by atoms with Gasteiger partial charge < -0.3 is 10.1 Å². The number of nitrogens with one attached hydrogen (secondary N) is 1. The summed E-state index contributed by atoms with van der Waals surface area (Å²) in [4.78, 5) is 13.9. The van der Waals surface area contributed by atoms with E-state index in [1.54, 1.807) is 25.3 Å².